The van der Waals surface area contributed by atoms with Crippen LogP contribution >= 0.6 is 0 Å². The molecule has 15 rings (SSSR count). The van der Waals surface area contributed by atoms with Gasteiger partial charge < -0.3 is 8.83 Å². The summed E-state index contributed by atoms with van der Waals surface area (Å²) in [5.41, 5.74) is 11.0. The van der Waals surface area contributed by atoms with Gasteiger partial charge in [0.15, 0.2) is 28.6 Å². The van der Waals surface area contributed by atoms with Gasteiger partial charge in [-0.15, -0.1) is 0 Å². The lowest BCUT2D eigenvalue weighted by molar-refractivity contribution is 0.604. The zero-order chi connectivity index (χ0) is 47.3. The number of aromatic nitrogens is 4. The highest BCUT2D eigenvalue weighted by Crippen LogP contribution is 2.44. The van der Waals surface area contributed by atoms with Crippen molar-refractivity contribution < 1.29 is 8.83 Å². The van der Waals surface area contributed by atoms with Gasteiger partial charge in [-0.3, -0.25) is 0 Å². The molecule has 0 amide bonds. The van der Waals surface area contributed by atoms with Gasteiger partial charge in [-0.1, -0.05) is 194 Å². The number of fused-ring (bicyclic) bond motifs is 10. The Kier molecular flexibility index (Phi) is 8.86. The van der Waals surface area contributed by atoms with Crippen LogP contribution in [0.15, 0.2) is 239 Å². The second kappa shape index (κ2) is 15.9. The van der Waals surface area contributed by atoms with Gasteiger partial charge in [0.2, 0.25) is 5.89 Å². The van der Waals surface area contributed by atoms with Crippen molar-refractivity contribution in [2.75, 3.05) is 0 Å². The Morgan fingerprint density at radius 2 is 0.722 bits per heavy atom. The molecular weight excluding hydrogens is 881 g/mol. The molecule has 0 atom stereocenters. The van der Waals surface area contributed by atoms with Crippen LogP contribution in [0.1, 0.15) is 0 Å². The van der Waals surface area contributed by atoms with Gasteiger partial charge in [0.05, 0.1) is 0 Å². The lowest BCUT2D eigenvalue weighted by atomic mass is 9.91. The van der Waals surface area contributed by atoms with Gasteiger partial charge in [-0.05, 0) is 107 Å². The van der Waals surface area contributed by atoms with Gasteiger partial charge in [-0.2, -0.15) is 0 Å². The maximum Gasteiger partial charge on any atom is 0.227 e. The molecule has 72 heavy (non-hydrogen) atoms. The van der Waals surface area contributed by atoms with E-state index in [0.29, 0.717) is 34.5 Å². The van der Waals surface area contributed by atoms with Crippen molar-refractivity contribution in [1.82, 2.24) is 19.9 Å². The molecule has 0 aliphatic rings. The minimum atomic E-state index is 0.570. The van der Waals surface area contributed by atoms with Crippen LogP contribution in [-0.2, 0) is 0 Å². The number of para-hydroxylation sites is 1. The fourth-order valence-corrected chi connectivity index (χ4v) is 11.0. The van der Waals surface area contributed by atoms with Crippen molar-refractivity contribution in [2.45, 2.75) is 0 Å². The monoisotopic (exact) mass is 918 g/mol. The maximum absolute atomic E-state index is 6.83. The minimum absolute atomic E-state index is 0.570. The topological polar surface area (TPSA) is 77.8 Å². The van der Waals surface area contributed by atoms with Gasteiger partial charge in [0.25, 0.3) is 0 Å². The maximum atomic E-state index is 6.83. The van der Waals surface area contributed by atoms with Gasteiger partial charge in [-0.25, -0.2) is 19.9 Å². The summed E-state index contributed by atoms with van der Waals surface area (Å²) in [5.74, 6) is 2.44. The Morgan fingerprint density at radius 1 is 0.250 bits per heavy atom. The standard InChI is InChI=1S/C66H38N4O2/c1-2-15-41(16-3-1)66-67-57-36-35-56-55-28-14-27-54(60(55)71-61(56)62(57)72-66)53-34-33-46(51-25-12-13-26-52(51)53)39-29-31-40(32-30-39)63-68-64(58-47-21-8-4-17-42(47)37-43-18-5-9-22-48(43)58)70-65(69-63)59-49-23-10-6-19-44(49)38-45-20-7-11-24-50(45)59/h1-38H. The third-order valence-electron chi connectivity index (χ3n) is 14.3. The molecule has 0 bridgehead atoms. The number of nitrogens with zero attached hydrogens (tertiary/aromatic N) is 4. The number of hydrogen-bond acceptors (Lipinski definition) is 6. The first-order valence-corrected chi connectivity index (χ1v) is 24.2. The summed E-state index contributed by atoms with van der Waals surface area (Å²) in [4.78, 5) is 21.1. The lowest BCUT2D eigenvalue weighted by Crippen LogP contribution is -2.02. The summed E-state index contributed by atoms with van der Waals surface area (Å²) in [6.07, 6.45) is 0. The molecule has 0 aliphatic carbocycles. The van der Waals surface area contributed by atoms with Crippen LogP contribution in [0, 0.1) is 0 Å². The Morgan fingerprint density at radius 3 is 1.32 bits per heavy atom. The molecule has 0 aliphatic heterocycles. The van der Waals surface area contributed by atoms with E-state index in [4.69, 9.17) is 28.8 Å². The molecule has 0 unspecified atom stereocenters. The highest BCUT2D eigenvalue weighted by atomic mass is 16.4. The van der Waals surface area contributed by atoms with Crippen molar-refractivity contribution in [3.63, 3.8) is 0 Å². The van der Waals surface area contributed by atoms with E-state index in [9.17, 15) is 0 Å². The number of hydrogen-bond donors (Lipinski definition) is 0. The lowest BCUT2D eigenvalue weighted by Gasteiger charge is -2.15. The Bertz CT molecular complexity index is 4440. The number of oxazole rings is 1. The average molecular weight is 919 g/mol. The normalized spacial score (nSPS) is 11.9. The van der Waals surface area contributed by atoms with E-state index in [1.807, 2.05) is 36.4 Å². The van der Waals surface area contributed by atoms with Gasteiger partial charge in [0.1, 0.15) is 11.1 Å². The minimum Gasteiger partial charge on any atom is -0.451 e. The SMILES string of the molecule is c1ccc(-c2nc3ccc4c5cccc(-c6ccc(-c7ccc(-c8nc(-c9c%10ccccc%10cc%10ccccc9%10)nc(-c9c%10ccccc%10cc%10ccccc9%10)n8)cc7)c7ccccc67)c5oc4c3o2)cc1. The third-order valence-corrected chi connectivity index (χ3v) is 14.3. The van der Waals surface area contributed by atoms with Crippen LogP contribution in [0.25, 0.3) is 155 Å². The average Bonchev–Trinajstić information content (AvgIpc) is 4.07. The van der Waals surface area contributed by atoms with E-state index in [1.54, 1.807) is 0 Å². The molecule has 0 saturated carbocycles. The zero-order valence-corrected chi connectivity index (χ0v) is 38.5. The Balaban J connectivity index is 0.877. The zero-order valence-electron chi connectivity index (χ0n) is 38.5. The van der Waals surface area contributed by atoms with Crippen LogP contribution in [0.4, 0.5) is 0 Å². The summed E-state index contributed by atoms with van der Waals surface area (Å²) < 4.78 is 13.2. The van der Waals surface area contributed by atoms with E-state index in [1.165, 1.54) is 0 Å². The van der Waals surface area contributed by atoms with E-state index in [-0.39, 0.29) is 0 Å². The predicted molar refractivity (Wildman–Crippen MR) is 295 cm³/mol. The van der Waals surface area contributed by atoms with Gasteiger partial charge >= 0.3 is 0 Å². The highest BCUT2D eigenvalue weighted by Gasteiger charge is 2.22. The fourth-order valence-electron chi connectivity index (χ4n) is 11.0. The first-order chi connectivity index (χ1) is 35.7. The Hall–Kier alpha value is -9.78. The van der Waals surface area contributed by atoms with Crippen molar-refractivity contribution >= 4 is 86.9 Å². The molecule has 0 radical (unpaired) electrons. The molecule has 3 heterocycles. The molecule has 0 spiro atoms. The first-order valence-electron chi connectivity index (χ1n) is 24.2. The molecule has 6 nitrogen and oxygen atoms in total. The molecule has 12 aromatic carbocycles. The van der Waals surface area contributed by atoms with Crippen molar-refractivity contribution in [2.24, 2.45) is 0 Å². The number of rotatable bonds is 6. The van der Waals surface area contributed by atoms with Crippen LogP contribution in [0.2, 0.25) is 0 Å². The summed E-state index contributed by atoms with van der Waals surface area (Å²) in [7, 11) is 0. The van der Waals surface area contributed by atoms with Crippen LogP contribution in [0.3, 0.4) is 0 Å². The molecule has 0 saturated heterocycles. The second-order valence-corrected chi connectivity index (χ2v) is 18.4. The molecule has 6 heteroatoms. The molecule has 15 aromatic rings. The van der Waals surface area contributed by atoms with Crippen molar-refractivity contribution in [1.29, 1.82) is 0 Å². The summed E-state index contributed by atoms with van der Waals surface area (Å²) in [6.45, 7) is 0. The van der Waals surface area contributed by atoms with Crippen LogP contribution in [-0.4, -0.2) is 19.9 Å². The molecule has 0 N–H and O–H groups in total. The van der Waals surface area contributed by atoms with Crippen LogP contribution in [0.5, 0.6) is 0 Å². The highest BCUT2D eigenvalue weighted by molar-refractivity contribution is 6.18. The molecule has 0 fully saturated rings. The molecular formula is C66H38N4O2. The van der Waals surface area contributed by atoms with Crippen LogP contribution < -0.4 is 0 Å². The van der Waals surface area contributed by atoms with E-state index < -0.39 is 0 Å². The quantitative estimate of drug-likeness (QED) is 0.155. The van der Waals surface area contributed by atoms with E-state index in [2.05, 4.69) is 194 Å². The molecule has 3 aromatic heterocycles. The van der Waals surface area contributed by atoms with E-state index in [0.717, 1.165) is 120 Å². The summed E-state index contributed by atoms with van der Waals surface area (Å²) >= 11 is 0. The first kappa shape index (κ1) is 40.1. The Labute approximate surface area is 412 Å². The third kappa shape index (κ3) is 6.29. The second-order valence-electron chi connectivity index (χ2n) is 18.4. The smallest absolute Gasteiger partial charge is 0.227 e. The number of benzene rings is 12. The predicted octanol–water partition coefficient (Wildman–Crippen LogP) is 17.7. The molecule has 334 valence electrons. The largest absolute Gasteiger partial charge is 0.451 e. The van der Waals surface area contributed by atoms with Crippen molar-refractivity contribution in [3.8, 4) is 67.9 Å². The van der Waals surface area contributed by atoms with Gasteiger partial charge in [0, 0.05) is 38.6 Å². The summed E-state index contributed by atoms with van der Waals surface area (Å²) in [5, 5.41) is 13.2. The fraction of sp³-hybridized carbons (Fsp3) is 0. The van der Waals surface area contributed by atoms with Crippen molar-refractivity contribution in [3.05, 3.63) is 231 Å². The number of furan rings is 1. The van der Waals surface area contributed by atoms with E-state index >= 15 is 0 Å². The summed E-state index contributed by atoms with van der Waals surface area (Å²) in [6, 6.07) is 80.8.